The van der Waals surface area contributed by atoms with E-state index in [9.17, 15) is 14.3 Å². The summed E-state index contributed by atoms with van der Waals surface area (Å²) < 4.78 is 17.4. The van der Waals surface area contributed by atoms with Crippen LogP contribution in [0.25, 0.3) is 0 Å². The Balaban J connectivity index is 0.000000791. The number of halogens is 1. The molecule has 2 N–H and O–H groups in total. The van der Waals surface area contributed by atoms with Crippen molar-refractivity contribution in [2.24, 2.45) is 5.92 Å². The average Bonchev–Trinajstić information content (AvgIpc) is 2.65. The van der Waals surface area contributed by atoms with Crippen molar-refractivity contribution < 1.29 is 24.1 Å². The Morgan fingerprint density at radius 1 is 1.50 bits per heavy atom. The second kappa shape index (κ2) is 6.73. The average molecular weight is 208 g/mol. The summed E-state index contributed by atoms with van der Waals surface area (Å²) in [5, 5.41) is 16.3. The first-order chi connectivity index (χ1) is 6.66. The van der Waals surface area contributed by atoms with Crippen LogP contribution in [0.5, 0.6) is 0 Å². The first kappa shape index (κ1) is 13.3. The zero-order valence-electron chi connectivity index (χ0n) is 8.44. The lowest BCUT2D eigenvalue weighted by Crippen LogP contribution is -2.31. The molecule has 1 saturated carbocycles. The molecule has 0 bridgehead atoms. The van der Waals surface area contributed by atoms with Gasteiger partial charge in [0.25, 0.3) is 0 Å². The summed E-state index contributed by atoms with van der Waals surface area (Å²) in [6, 6.07) is 0. The van der Waals surface area contributed by atoms with Crippen molar-refractivity contribution in [1.29, 1.82) is 0 Å². The molecule has 0 aliphatic heterocycles. The molecular weight excluding hydrogens is 191 g/mol. The van der Waals surface area contributed by atoms with Crippen LogP contribution in [0.4, 0.5) is 4.39 Å². The number of hydrogen-bond donors (Lipinski definition) is 2. The molecule has 0 saturated heterocycles. The highest BCUT2D eigenvalue weighted by Crippen LogP contribution is 2.30. The largest absolute Gasteiger partial charge is 0.467 e. The van der Waals surface area contributed by atoms with Gasteiger partial charge in [-0.25, -0.2) is 9.18 Å². The number of carbonyl (C=O) groups excluding carboxylic acids is 1. The van der Waals surface area contributed by atoms with Gasteiger partial charge in [0.15, 0.2) is 0 Å². The molecule has 0 aromatic heterocycles. The highest BCUT2D eigenvalue weighted by Gasteiger charge is 2.37. The Labute approximate surface area is 82.7 Å². The Bertz CT molecular complexity index is 174. The minimum atomic E-state index is -1.66. The number of aliphatic hydroxyl groups is 2. The summed E-state index contributed by atoms with van der Waals surface area (Å²) in [5.74, 6) is -1.43. The topological polar surface area (TPSA) is 66.8 Å². The molecule has 0 amide bonds. The van der Waals surface area contributed by atoms with Gasteiger partial charge in [0, 0.05) is 13.0 Å². The van der Waals surface area contributed by atoms with Gasteiger partial charge in [-0.3, -0.25) is 0 Å². The molecular formula is C9H17FO4. The maximum atomic E-state index is 13.1. The van der Waals surface area contributed by atoms with Crippen LogP contribution in [0, 0.1) is 5.92 Å². The Hall–Kier alpha value is -0.680. The van der Waals surface area contributed by atoms with Gasteiger partial charge in [0.05, 0.1) is 13.2 Å². The molecule has 14 heavy (non-hydrogen) atoms. The number of methoxy groups -OCH3 is 1. The van der Waals surface area contributed by atoms with Crippen molar-refractivity contribution in [3.05, 3.63) is 0 Å². The van der Waals surface area contributed by atoms with Crippen molar-refractivity contribution >= 4 is 5.97 Å². The number of ether oxygens (including phenoxy) is 1. The second-order valence-electron chi connectivity index (χ2n) is 3.09. The van der Waals surface area contributed by atoms with Crippen LogP contribution in [0.2, 0.25) is 0 Å². The third-order valence-electron chi connectivity index (χ3n) is 2.33. The number of carbonyl (C=O) groups is 1. The molecule has 0 aromatic rings. The van der Waals surface area contributed by atoms with Crippen molar-refractivity contribution in [3.63, 3.8) is 0 Å². The zero-order valence-corrected chi connectivity index (χ0v) is 8.44. The molecule has 5 heteroatoms. The fraction of sp³-hybridized carbons (Fsp3) is 0.889. The van der Waals surface area contributed by atoms with Gasteiger partial charge >= 0.3 is 5.97 Å². The van der Waals surface area contributed by atoms with Gasteiger partial charge < -0.3 is 14.9 Å². The van der Waals surface area contributed by atoms with E-state index in [1.165, 1.54) is 0 Å². The summed E-state index contributed by atoms with van der Waals surface area (Å²) in [6.45, 7) is 0. The van der Waals surface area contributed by atoms with E-state index in [0.717, 1.165) is 20.6 Å². The van der Waals surface area contributed by atoms with Crippen LogP contribution in [0.3, 0.4) is 0 Å². The number of aliphatic hydroxyl groups excluding tert-OH is 2. The summed E-state index contributed by atoms with van der Waals surface area (Å²) >= 11 is 0. The lowest BCUT2D eigenvalue weighted by atomic mass is 10.0. The first-order valence-electron chi connectivity index (χ1n) is 4.51. The SMILES string of the molecule is CO.COC(=O)C(F)C1CCC[C@H]1O. The molecule has 1 aliphatic rings. The van der Waals surface area contributed by atoms with E-state index in [-0.39, 0.29) is 0 Å². The normalized spacial score (nSPS) is 27.5. The quantitative estimate of drug-likeness (QED) is 0.639. The number of esters is 1. The van der Waals surface area contributed by atoms with Crippen LogP contribution in [-0.4, -0.2) is 42.7 Å². The zero-order chi connectivity index (χ0) is 11.1. The van der Waals surface area contributed by atoms with E-state index in [2.05, 4.69) is 4.74 Å². The van der Waals surface area contributed by atoms with Gasteiger partial charge in [-0.1, -0.05) is 6.42 Å². The molecule has 0 spiro atoms. The van der Waals surface area contributed by atoms with Crippen LogP contribution in [-0.2, 0) is 9.53 Å². The number of hydrogen-bond acceptors (Lipinski definition) is 4. The summed E-state index contributed by atoms with van der Waals surface area (Å²) in [7, 11) is 2.15. The fourth-order valence-corrected chi connectivity index (χ4v) is 1.60. The van der Waals surface area contributed by atoms with Crippen LogP contribution in [0.15, 0.2) is 0 Å². The lowest BCUT2D eigenvalue weighted by molar-refractivity contribution is -0.150. The van der Waals surface area contributed by atoms with E-state index in [4.69, 9.17) is 5.11 Å². The van der Waals surface area contributed by atoms with Crippen molar-refractivity contribution in [1.82, 2.24) is 0 Å². The van der Waals surface area contributed by atoms with Crippen molar-refractivity contribution in [2.45, 2.75) is 31.5 Å². The summed E-state index contributed by atoms with van der Waals surface area (Å²) in [5.41, 5.74) is 0. The molecule has 0 aromatic carbocycles. The predicted molar refractivity (Wildman–Crippen MR) is 48.4 cm³/mol. The van der Waals surface area contributed by atoms with Crippen LogP contribution >= 0.6 is 0 Å². The maximum Gasteiger partial charge on any atom is 0.340 e. The van der Waals surface area contributed by atoms with E-state index in [0.29, 0.717) is 12.8 Å². The lowest BCUT2D eigenvalue weighted by Gasteiger charge is -2.16. The molecule has 2 unspecified atom stereocenters. The smallest absolute Gasteiger partial charge is 0.340 e. The third-order valence-corrected chi connectivity index (χ3v) is 2.33. The maximum absolute atomic E-state index is 13.1. The Morgan fingerprint density at radius 2 is 2.07 bits per heavy atom. The molecule has 3 atom stereocenters. The van der Waals surface area contributed by atoms with E-state index < -0.39 is 24.2 Å². The molecule has 0 radical (unpaired) electrons. The third kappa shape index (κ3) is 3.23. The van der Waals surface area contributed by atoms with Crippen molar-refractivity contribution in [2.75, 3.05) is 14.2 Å². The highest BCUT2D eigenvalue weighted by atomic mass is 19.1. The van der Waals surface area contributed by atoms with Gasteiger partial charge in [-0.15, -0.1) is 0 Å². The molecule has 1 aliphatic carbocycles. The van der Waals surface area contributed by atoms with Gasteiger partial charge in [0.1, 0.15) is 0 Å². The molecule has 0 heterocycles. The molecule has 4 nitrogen and oxygen atoms in total. The van der Waals surface area contributed by atoms with E-state index in [1.54, 1.807) is 0 Å². The fourth-order valence-electron chi connectivity index (χ4n) is 1.60. The van der Waals surface area contributed by atoms with E-state index >= 15 is 0 Å². The van der Waals surface area contributed by atoms with E-state index in [1.807, 2.05) is 0 Å². The summed E-state index contributed by atoms with van der Waals surface area (Å²) in [6.07, 6.45) is -0.408. The van der Waals surface area contributed by atoms with Gasteiger partial charge in [0.2, 0.25) is 6.17 Å². The monoisotopic (exact) mass is 208 g/mol. The molecule has 84 valence electrons. The van der Waals surface area contributed by atoms with Gasteiger partial charge in [-0.05, 0) is 12.8 Å². The Kier molecular flexibility index (Phi) is 6.40. The Morgan fingerprint density at radius 3 is 2.43 bits per heavy atom. The van der Waals surface area contributed by atoms with Crippen LogP contribution < -0.4 is 0 Å². The standard InChI is InChI=1S/C8H13FO3.CH4O/c1-12-8(11)7(9)5-3-2-4-6(5)10;1-2/h5-7,10H,2-4H2,1H3;2H,1H3/t5?,6-,7?;/m1./s1. The van der Waals surface area contributed by atoms with Gasteiger partial charge in [-0.2, -0.15) is 0 Å². The minimum absolute atomic E-state index is 0.558. The highest BCUT2D eigenvalue weighted by molar-refractivity contribution is 5.74. The first-order valence-corrected chi connectivity index (χ1v) is 4.51. The second-order valence-corrected chi connectivity index (χ2v) is 3.09. The van der Waals surface area contributed by atoms with Crippen molar-refractivity contribution in [3.8, 4) is 0 Å². The number of rotatable bonds is 2. The molecule has 1 fully saturated rings. The summed E-state index contributed by atoms with van der Waals surface area (Å²) in [4.78, 5) is 10.7. The predicted octanol–water partition coefficient (Wildman–Crippen LogP) is 0.267. The minimum Gasteiger partial charge on any atom is -0.467 e. The van der Waals surface area contributed by atoms with Crippen LogP contribution in [0.1, 0.15) is 19.3 Å². The number of alkyl halides is 1. The molecule has 1 rings (SSSR count).